The van der Waals surface area contributed by atoms with Crippen LogP contribution in [0.3, 0.4) is 0 Å². The van der Waals surface area contributed by atoms with Crippen molar-refractivity contribution in [3.05, 3.63) is 29.8 Å². The van der Waals surface area contributed by atoms with Crippen LogP contribution in [0.25, 0.3) is 0 Å². The van der Waals surface area contributed by atoms with Crippen molar-refractivity contribution in [2.75, 3.05) is 6.54 Å². The molecule has 1 atom stereocenters. The molecule has 0 spiro atoms. The van der Waals surface area contributed by atoms with Crippen molar-refractivity contribution in [2.24, 2.45) is 5.92 Å². The zero-order chi connectivity index (χ0) is 15.2. The summed E-state index contributed by atoms with van der Waals surface area (Å²) in [6, 6.07) is 7.03. The van der Waals surface area contributed by atoms with E-state index in [4.69, 9.17) is 5.11 Å². The molecule has 0 aliphatic heterocycles. The van der Waals surface area contributed by atoms with Crippen LogP contribution in [0.5, 0.6) is 0 Å². The van der Waals surface area contributed by atoms with Gasteiger partial charge in [-0.15, -0.1) is 0 Å². The Morgan fingerprint density at radius 3 is 2.25 bits per heavy atom. The highest BCUT2D eigenvalue weighted by Crippen LogP contribution is 2.13. The van der Waals surface area contributed by atoms with Gasteiger partial charge in [0.15, 0.2) is 0 Å². The molecular weight excluding hydrogens is 274 g/mol. The second kappa shape index (κ2) is 7.76. The van der Waals surface area contributed by atoms with E-state index in [0.29, 0.717) is 30.2 Å². The quantitative estimate of drug-likeness (QED) is 0.724. The summed E-state index contributed by atoms with van der Waals surface area (Å²) in [5.41, 5.74) is 1.15. The van der Waals surface area contributed by atoms with Gasteiger partial charge in [0.05, 0.1) is 11.0 Å². The molecule has 1 rings (SSSR count). The van der Waals surface area contributed by atoms with E-state index in [1.54, 1.807) is 19.1 Å². The van der Waals surface area contributed by atoms with Gasteiger partial charge in [-0.1, -0.05) is 26.0 Å². The second-order valence-corrected chi connectivity index (χ2v) is 7.40. The van der Waals surface area contributed by atoms with E-state index in [1.807, 2.05) is 12.1 Å². The normalized spacial score (nSPS) is 13.7. The molecule has 5 heteroatoms. The van der Waals surface area contributed by atoms with Gasteiger partial charge in [-0.3, -0.25) is 0 Å². The first-order valence-electron chi connectivity index (χ1n) is 7.08. The van der Waals surface area contributed by atoms with Crippen LogP contribution < -0.4 is 4.72 Å². The molecule has 0 fully saturated rings. The van der Waals surface area contributed by atoms with Crippen molar-refractivity contribution < 1.29 is 13.5 Å². The van der Waals surface area contributed by atoms with Gasteiger partial charge in [0.2, 0.25) is 10.0 Å². The van der Waals surface area contributed by atoms with Gasteiger partial charge < -0.3 is 5.11 Å². The lowest BCUT2D eigenvalue weighted by atomic mass is 10.0. The first-order valence-corrected chi connectivity index (χ1v) is 8.56. The predicted octanol–water partition coefficient (Wildman–Crippen LogP) is 2.32. The fourth-order valence-electron chi connectivity index (χ4n) is 1.96. The van der Waals surface area contributed by atoms with Crippen LogP contribution in [0.2, 0.25) is 0 Å². The highest BCUT2D eigenvalue weighted by atomic mass is 32.2. The number of sulfonamides is 1. The average Bonchev–Trinajstić information content (AvgIpc) is 2.34. The van der Waals surface area contributed by atoms with Gasteiger partial charge >= 0.3 is 0 Å². The summed E-state index contributed by atoms with van der Waals surface area (Å²) in [7, 11) is -3.44. The number of nitrogens with one attached hydrogen (secondary N) is 1. The Labute approximate surface area is 122 Å². The number of rotatable bonds is 8. The maximum atomic E-state index is 12.0. The Kier molecular flexibility index (Phi) is 6.65. The first kappa shape index (κ1) is 17.1. The molecule has 0 radical (unpaired) electrons. The fraction of sp³-hybridized carbons (Fsp3) is 0.600. The monoisotopic (exact) mass is 299 g/mol. The third-order valence-electron chi connectivity index (χ3n) is 2.97. The number of hydrogen-bond acceptors (Lipinski definition) is 3. The van der Waals surface area contributed by atoms with Gasteiger partial charge in [-0.25, -0.2) is 13.1 Å². The lowest BCUT2D eigenvalue weighted by Crippen LogP contribution is -2.25. The van der Waals surface area contributed by atoms with E-state index < -0.39 is 16.1 Å². The molecule has 114 valence electrons. The molecule has 0 saturated carbocycles. The molecule has 1 aromatic carbocycles. The zero-order valence-corrected chi connectivity index (χ0v) is 13.3. The van der Waals surface area contributed by atoms with E-state index in [2.05, 4.69) is 18.6 Å². The Balaban J connectivity index is 2.59. The molecule has 0 aliphatic rings. The topological polar surface area (TPSA) is 66.4 Å². The lowest BCUT2D eigenvalue weighted by molar-refractivity contribution is 0.182. The molecule has 4 nitrogen and oxygen atoms in total. The summed E-state index contributed by atoms with van der Waals surface area (Å²) >= 11 is 0. The molecule has 1 unspecified atom stereocenters. The third kappa shape index (κ3) is 6.03. The van der Waals surface area contributed by atoms with E-state index in [-0.39, 0.29) is 0 Å². The number of benzene rings is 1. The van der Waals surface area contributed by atoms with Crippen molar-refractivity contribution in [1.29, 1.82) is 0 Å². The van der Waals surface area contributed by atoms with Crippen molar-refractivity contribution in [1.82, 2.24) is 4.72 Å². The van der Waals surface area contributed by atoms with Gasteiger partial charge in [0.1, 0.15) is 0 Å². The molecule has 0 amide bonds. The van der Waals surface area contributed by atoms with Crippen molar-refractivity contribution in [3.63, 3.8) is 0 Å². The summed E-state index contributed by atoms with van der Waals surface area (Å²) in [5.74, 6) is 0.552. The average molecular weight is 299 g/mol. The van der Waals surface area contributed by atoms with E-state index in [1.165, 1.54) is 0 Å². The first-order chi connectivity index (χ1) is 9.31. The Morgan fingerprint density at radius 1 is 1.15 bits per heavy atom. The molecule has 0 heterocycles. The second-order valence-electron chi connectivity index (χ2n) is 5.63. The SMILES string of the molecule is CC(C)Cc1ccc(S(=O)(=O)NCCCC(C)O)cc1. The van der Waals surface area contributed by atoms with Crippen LogP contribution in [0.4, 0.5) is 0 Å². The molecule has 2 N–H and O–H groups in total. The molecule has 0 saturated heterocycles. The van der Waals surface area contributed by atoms with Gasteiger partial charge in [0.25, 0.3) is 0 Å². The van der Waals surface area contributed by atoms with Crippen LogP contribution in [-0.4, -0.2) is 26.2 Å². The Hall–Kier alpha value is -0.910. The lowest BCUT2D eigenvalue weighted by Gasteiger charge is -2.09. The minimum Gasteiger partial charge on any atom is -0.393 e. The maximum absolute atomic E-state index is 12.0. The van der Waals surface area contributed by atoms with Crippen LogP contribution in [0.1, 0.15) is 39.2 Å². The van der Waals surface area contributed by atoms with E-state index in [9.17, 15) is 8.42 Å². The summed E-state index contributed by atoms with van der Waals surface area (Å²) in [5, 5.41) is 9.12. The molecule has 0 aromatic heterocycles. The summed E-state index contributed by atoms with van der Waals surface area (Å²) in [6.07, 6.45) is 1.77. The maximum Gasteiger partial charge on any atom is 0.240 e. The van der Waals surface area contributed by atoms with Crippen LogP contribution in [0, 0.1) is 5.92 Å². The van der Waals surface area contributed by atoms with Crippen molar-refractivity contribution >= 4 is 10.0 Å². The number of hydrogen-bond donors (Lipinski definition) is 2. The summed E-state index contributed by atoms with van der Waals surface area (Å²) < 4.78 is 26.6. The van der Waals surface area contributed by atoms with Crippen LogP contribution >= 0.6 is 0 Å². The largest absolute Gasteiger partial charge is 0.393 e. The standard InChI is InChI=1S/C15H25NO3S/c1-12(2)11-14-6-8-15(9-7-14)20(18,19)16-10-4-5-13(3)17/h6-9,12-13,16-17H,4-5,10-11H2,1-3H3. The molecule has 20 heavy (non-hydrogen) atoms. The molecular formula is C15H25NO3S. The van der Waals surface area contributed by atoms with Crippen molar-refractivity contribution in [3.8, 4) is 0 Å². The molecule has 1 aromatic rings. The Bertz CT molecular complexity index is 492. The van der Waals surface area contributed by atoms with Gasteiger partial charge in [-0.05, 0) is 49.8 Å². The highest BCUT2D eigenvalue weighted by Gasteiger charge is 2.13. The van der Waals surface area contributed by atoms with Gasteiger partial charge in [0, 0.05) is 6.54 Å². The highest BCUT2D eigenvalue weighted by molar-refractivity contribution is 7.89. The minimum absolute atomic E-state index is 0.294. The summed E-state index contributed by atoms with van der Waals surface area (Å²) in [6.45, 7) is 6.31. The van der Waals surface area contributed by atoms with Crippen LogP contribution in [0.15, 0.2) is 29.2 Å². The number of aliphatic hydroxyl groups excluding tert-OH is 1. The Morgan fingerprint density at radius 2 is 1.75 bits per heavy atom. The van der Waals surface area contributed by atoms with Gasteiger partial charge in [-0.2, -0.15) is 0 Å². The van der Waals surface area contributed by atoms with E-state index in [0.717, 1.165) is 12.0 Å². The van der Waals surface area contributed by atoms with E-state index >= 15 is 0 Å². The zero-order valence-electron chi connectivity index (χ0n) is 12.5. The smallest absolute Gasteiger partial charge is 0.240 e. The number of aliphatic hydroxyl groups is 1. The van der Waals surface area contributed by atoms with Crippen LogP contribution in [-0.2, 0) is 16.4 Å². The van der Waals surface area contributed by atoms with Crippen molar-refractivity contribution in [2.45, 2.75) is 51.0 Å². The third-order valence-corrected chi connectivity index (χ3v) is 4.45. The summed E-state index contributed by atoms with van der Waals surface area (Å²) in [4.78, 5) is 0.294. The molecule has 0 aliphatic carbocycles. The minimum atomic E-state index is -3.44. The molecule has 0 bridgehead atoms. The fourth-order valence-corrected chi connectivity index (χ4v) is 3.04. The predicted molar refractivity (Wildman–Crippen MR) is 81.1 cm³/mol.